The molecule has 17 heavy (non-hydrogen) atoms. The van der Waals surface area contributed by atoms with Gasteiger partial charge in [0, 0.05) is 20.7 Å². The molecular weight excluding hydrogens is 216 g/mol. The quantitative estimate of drug-likeness (QED) is 0.772. The first-order chi connectivity index (χ1) is 8.06. The average molecular weight is 234 g/mol. The van der Waals surface area contributed by atoms with Crippen LogP contribution in [0.15, 0.2) is 0 Å². The van der Waals surface area contributed by atoms with E-state index in [1.807, 2.05) is 21.0 Å². The van der Waals surface area contributed by atoms with E-state index < -0.39 is 0 Å². The third-order valence-corrected chi connectivity index (χ3v) is 3.47. The maximum atomic E-state index is 9.21. The Hall–Kier alpha value is -1.54. The standard InChI is InChI=1S/C12H18N4O/c1-8-10(7-13)12(16(4)14-8)15(3)11-5-6-17-9(11)2/h9,11H,5-6H2,1-4H3. The highest BCUT2D eigenvalue weighted by Gasteiger charge is 2.31. The molecule has 0 bridgehead atoms. The van der Waals surface area contributed by atoms with Gasteiger partial charge in [0.05, 0.1) is 17.8 Å². The van der Waals surface area contributed by atoms with E-state index in [-0.39, 0.29) is 6.10 Å². The summed E-state index contributed by atoms with van der Waals surface area (Å²) >= 11 is 0. The second-order valence-corrected chi connectivity index (χ2v) is 4.56. The van der Waals surface area contributed by atoms with Crippen LogP contribution in [0.1, 0.15) is 24.6 Å². The summed E-state index contributed by atoms with van der Waals surface area (Å²) in [5, 5.41) is 13.5. The number of rotatable bonds is 2. The molecule has 2 unspecified atom stereocenters. The Morgan fingerprint density at radius 1 is 1.59 bits per heavy atom. The maximum absolute atomic E-state index is 9.21. The van der Waals surface area contributed by atoms with E-state index in [1.54, 1.807) is 4.68 Å². The average Bonchev–Trinajstić information content (AvgIpc) is 2.81. The maximum Gasteiger partial charge on any atom is 0.145 e. The number of aryl methyl sites for hydroxylation is 2. The van der Waals surface area contributed by atoms with Crippen LogP contribution in [0.2, 0.25) is 0 Å². The Bertz CT molecular complexity index is 460. The predicted octanol–water partition coefficient (Wildman–Crippen LogP) is 1.21. The van der Waals surface area contributed by atoms with Gasteiger partial charge < -0.3 is 9.64 Å². The van der Waals surface area contributed by atoms with Gasteiger partial charge in [0.2, 0.25) is 0 Å². The molecule has 5 nitrogen and oxygen atoms in total. The number of hydrogen-bond acceptors (Lipinski definition) is 4. The van der Waals surface area contributed by atoms with Crippen LogP contribution in [-0.2, 0) is 11.8 Å². The number of nitrogens with zero attached hydrogens (tertiary/aromatic N) is 4. The number of likely N-dealkylation sites (N-methyl/N-ethyl adjacent to an activating group) is 1. The second kappa shape index (κ2) is 4.38. The van der Waals surface area contributed by atoms with Crippen molar-refractivity contribution in [3.63, 3.8) is 0 Å². The summed E-state index contributed by atoms with van der Waals surface area (Å²) < 4.78 is 7.35. The van der Waals surface area contributed by atoms with Gasteiger partial charge in [0.15, 0.2) is 0 Å². The molecule has 1 saturated heterocycles. The molecule has 0 amide bonds. The largest absolute Gasteiger partial charge is 0.376 e. The van der Waals surface area contributed by atoms with Gasteiger partial charge >= 0.3 is 0 Å². The highest BCUT2D eigenvalue weighted by atomic mass is 16.5. The van der Waals surface area contributed by atoms with Crippen molar-refractivity contribution in [2.45, 2.75) is 32.4 Å². The number of ether oxygens (including phenoxy) is 1. The lowest BCUT2D eigenvalue weighted by atomic mass is 10.1. The van der Waals surface area contributed by atoms with Gasteiger partial charge in [-0.3, -0.25) is 4.68 Å². The molecule has 2 atom stereocenters. The smallest absolute Gasteiger partial charge is 0.145 e. The second-order valence-electron chi connectivity index (χ2n) is 4.56. The Labute approximate surface area is 102 Å². The summed E-state index contributed by atoms with van der Waals surface area (Å²) in [5.74, 6) is 0.882. The van der Waals surface area contributed by atoms with Gasteiger partial charge in [-0.2, -0.15) is 10.4 Å². The summed E-state index contributed by atoms with van der Waals surface area (Å²) in [6, 6.07) is 2.55. The van der Waals surface area contributed by atoms with Gasteiger partial charge in [0.1, 0.15) is 17.5 Å². The molecule has 0 aliphatic carbocycles. The Morgan fingerprint density at radius 2 is 2.29 bits per heavy atom. The van der Waals surface area contributed by atoms with Crippen LogP contribution in [0.25, 0.3) is 0 Å². The molecule has 0 N–H and O–H groups in total. The Balaban J connectivity index is 2.37. The van der Waals surface area contributed by atoms with E-state index in [0.29, 0.717) is 11.6 Å². The van der Waals surface area contributed by atoms with Crippen LogP contribution in [0.4, 0.5) is 5.82 Å². The summed E-state index contributed by atoms with van der Waals surface area (Å²) in [7, 11) is 3.88. The van der Waals surface area contributed by atoms with Gasteiger partial charge in [-0.25, -0.2) is 0 Å². The van der Waals surface area contributed by atoms with Crippen LogP contribution >= 0.6 is 0 Å². The number of anilines is 1. The SMILES string of the molecule is Cc1nn(C)c(N(C)C2CCOC2C)c1C#N. The molecular formula is C12H18N4O. The molecule has 5 heteroatoms. The first-order valence-corrected chi connectivity index (χ1v) is 5.84. The van der Waals surface area contributed by atoms with E-state index in [4.69, 9.17) is 4.74 Å². The summed E-state index contributed by atoms with van der Waals surface area (Å²) in [4.78, 5) is 2.12. The van der Waals surface area contributed by atoms with E-state index in [0.717, 1.165) is 24.5 Å². The van der Waals surface area contributed by atoms with Crippen molar-refractivity contribution in [3.05, 3.63) is 11.3 Å². The van der Waals surface area contributed by atoms with Gasteiger partial charge in [-0.05, 0) is 20.3 Å². The highest BCUT2D eigenvalue weighted by molar-refractivity contribution is 5.57. The fraction of sp³-hybridized carbons (Fsp3) is 0.667. The number of nitriles is 1. The lowest BCUT2D eigenvalue weighted by molar-refractivity contribution is 0.118. The van der Waals surface area contributed by atoms with E-state index in [2.05, 4.69) is 23.0 Å². The van der Waals surface area contributed by atoms with Crippen LogP contribution in [-0.4, -0.2) is 35.6 Å². The minimum atomic E-state index is 0.196. The summed E-state index contributed by atoms with van der Waals surface area (Å²) in [6.45, 7) is 4.73. The van der Waals surface area contributed by atoms with Gasteiger partial charge in [-0.1, -0.05) is 0 Å². The van der Waals surface area contributed by atoms with E-state index in [9.17, 15) is 5.26 Å². The highest BCUT2D eigenvalue weighted by Crippen LogP contribution is 2.27. The van der Waals surface area contributed by atoms with Crippen molar-refractivity contribution >= 4 is 5.82 Å². The monoisotopic (exact) mass is 234 g/mol. The fourth-order valence-corrected chi connectivity index (χ4v) is 2.57. The zero-order valence-corrected chi connectivity index (χ0v) is 10.8. The topological polar surface area (TPSA) is 54.1 Å². The molecule has 0 saturated carbocycles. The lowest BCUT2D eigenvalue weighted by Gasteiger charge is -2.28. The molecule has 1 aliphatic heterocycles. The molecule has 1 aromatic heterocycles. The summed E-state index contributed by atoms with van der Waals surface area (Å²) in [5.41, 5.74) is 1.44. The normalized spacial score (nSPS) is 23.7. The molecule has 1 aliphatic rings. The summed E-state index contributed by atoms with van der Waals surface area (Å²) in [6.07, 6.45) is 1.19. The van der Waals surface area contributed by atoms with Crippen LogP contribution in [0.5, 0.6) is 0 Å². The zero-order valence-electron chi connectivity index (χ0n) is 10.8. The number of aromatic nitrogens is 2. The lowest BCUT2D eigenvalue weighted by Crippen LogP contribution is -2.38. The molecule has 1 fully saturated rings. The first-order valence-electron chi connectivity index (χ1n) is 5.84. The van der Waals surface area contributed by atoms with Crippen LogP contribution < -0.4 is 4.90 Å². The molecule has 2 rings (SSSR count). The van der Waals surface area contributed by atoms with Crippen molar-refractivity contribution in [1.29, 1.82) is 5.26 Å². The molecule has 0 radical (unpaired) electrons. The fourth-order valence-electron chi connectivity index (χ4n) is 2.57. The molecule has 1 aromatic rings. The molecule has 2 heterocycles. The van der Waals surface area contributed by atoms with Crippen molar-refractivity contribution < 1.29 is 4.74 Å². The Morgan fingerprint density at radius 3 is 2.82 bits per heavy atom. The van der Waals surface area contributed by atoms with Crippen molar-refractivity contribution in [2.75, 3.05) is 18.6 Å². The van der Waals surface area contributed by atoms with Gasteiger partial charge in [0.25, 0.3) is 0 Å². The Kier molecular flexibility index (Phi) is 3.07. The molecule has 0 spiro atoms. The third-order valence-electron chi connectivity index (χ3n) is 3.47. The third kappa shape index (κ3) is 1.89. The predicted molar refractivity (Wildman–Crippen MR) is 64.9 cm³/mol. The molecule has 0 aromatic carbocycles. The minimum Gasteiger partial charge on any atom is -0.376 e. The zero-order chi connectivity index (χ0) is 12.6. The first kappa shape index (κ1) is 11.9. The molecule has 92 valence electrons. The van der Waals surface area contributed by atoms with Crippen molar-refractivity contribution in [1.82, 2.24) is 9.78 Å². The number of hydrogen-bond donors (Lipinski definition) is 0. The minimum absolute atomic E-state index is 0.196. The van der Waals surface area contributed by atoms with E-state index in [1.165, 1.54) is 0 Å². The van der Waals surface area contributed by atoms with Crippen molar-refractivity contribution in [2.24, 2.45) is 7.05 Å². The van der Waals surface area contributed by atoms with E-state index >= 15 is 0 Å². The van der Waals surface area contributed by atoms with Crippen LogP contribution in [0, 0.1) is 18.3 Å². The van der Waals surface area contributed by atoms with Crippen LogP contribution in [0.3, 0.4) is 0 Å². The van der Waals surface area contributed by atoms with Gasteiger partial charge in [-0.15, -0.1) is 0 Å². The van der Waals surface area contributed by atoms with Crippen molar-refractivity contribution in [3.8, 4) is 6.07 Å².